The molecule has 0 saturated carbocycles. The van der Waals surface area contributed by atoms with Crippen LogP contribution in [-0.2, 0) is 0 Å². The van der Waals surface area contributed by atoms with Gasteiger partial charge in [0.25, 0.3) is 5.69 Å². The zero-order valence-electron chi connectivity index (χ0n) is 8.42. The van der Waals surface area contributed by atoms with E-state index in [2.05, 4.69) is 12.6 Å². The van der Waals surface area contributed by atoms with Gasteiger partial charge >= 0.3 is 0 Å². The number of thiol groups is 1. The largest absolute Gasteiger partial charge is 0.493 e. The van der Waals surface area contributed by atoms with Crippen LogP contribution in [0, 0.1) is 16.0 Å². The lowest BCUT2D eigenvalue weighted by Crippen LogP contribution is -2.09. The lowest BCUT2D eigenvalue weighted by molar-refractivity contribution is -0.384. The summed E-state index contributed by atoms with van der Waals surface area (Å²) in [5, 5.41) is 10.4. The van der Waals surface area contributed by atoms with Gasteiger partial charge in [0.15, 0.2) is 0 Å². The molecule has 1 aromatic rings. The van der Waals surface area contributed by atoms with Gasteiger partial charge in [-0.25, -0.2) is 0 Å². The molecule has 0 fully saturated rings. The van der Waals surface area contributed by atoms with Crippen molar-refractivity contribution >= 4 is 18.3 Å². The minimum atomic E-state index is -0.430. The van der Waals surface area contributed by atoms with Crippen molar-refractivity contribution in [1.29, 1.82) is 0 Å². The molecular formula is C10H13NO3S. The Morgan fingerprint density at radius 3 is 2.53 bits per heavy atom. The van der Waals surface area contributed by atoms with Gasteiger partial charge in [0.05, 0.1) is 11.5 Å². The summed E-state index contributed by atoms with van der Waals surface area (Å²) >= 11 is 4.14. The molecule has 1 aromatic carbocycles. The zero-order valence-corrected chi connectivity index (χ0v) is 9.31. The summed E-state index contributed by atoms with van der Waals surface area (Å²) in [7, 11) is 0. The summed E-state index contributed by atoms with van der Waals surface area (Å²) in [4.78, 5) is 9.95. The third-order valence-electron chi connectivity index (χ3n) is 1.89. The van der Waals surface area contributed by atoms with Gasteiger partial charge in [-0.1, -0.05) is 6.92 Å². The molecule has 1 rings (SSSR count). The van der Waals surface area contributed by atoms with E-state index in [1.165, 1.54) is 12.1 Å². The molecule has 1 atom stereocenters. The lowest BCUT2D eigenvalue weighted by Gasteiger charge is -2.09. The second-order valence-electron chi connectivity index (χ2n) is 3.35. The summed E-state index contributed by atoms with van der Waals surface area (Å²) in [6, 6.07) is 6.06. The first-order valence-corrected chi connectivity index (χ1v) is 5.25. The molecule has 0 heterocycles. The van der Waals surface area contributed by atoms with E-state index in [0.717, 1.165) is 5.75 Å². The average Bonchev–Trinajstić information content (AvgIpc) is 2.26. The zero-order chi connectivity index (χ0) is 11.3. The number of rotatable bonds is 5. The second-order valence-corrected chi connectivity index (χ2v) is 3.71. The Hall–Kier alpha value is -1.23. The normalized spacial score (nSPS) is 12.1. The number of nitrogens with zero attached hydrogens (tertiary/aromatic N) is 1. The highest BCUT2D eigenvalue weighted by atomic mass is 32.1. The predicted molar refractivity (Wildman–Crippen MR) is 61.6 cm³/mol. The second kappa shape index (κ2) is 5.60. The molecule has 0 spiro atoms. The Morgan fingerprint density at radius 1 is 1.47 bits per heavy atom. The van der Waals surface area contributed by atoms with Gasteiger partial charge in [-0.05, 0) is 23.8 Å². The molecule has 0 aromatic heterocycles. The van der Waals surface area contributed by atoms with Gasteiger partial charge in [0.2, 0.25) is 0 Å². The van der Waals surface area contributed by atoms with Crippen LogP contribution in [0.15, 0.2) is 24.3 Å². The molecule has 0 radical (unpaired) electrons. The van der Waals surface area contributed by atoms with Gasteiger partial charge in [0, 0.05) is 12.1 Å². The van der Waals surface area contributed by atoms with Crippen molar-refractivity contribution in [3.63, 3.8) is 0 Å². The van der Waals surface area contributed by atoms with Crippen molar-refractivity contribution in [2.24, 2.45) is 5.92 Å². The molecule has 0 saturated heterocycles. The molecule has 0 bridgehead atoms. The maximum atomic E-state index is 10.4. The molecule has 0 aliphatic rings. The molecule has 4 nitrogen and oxygen atoms in total. The number of hydrogen-bond acceptors (Lipinski definition) is 4. The Kier molecular flexibility index (Phi) is 4.42. The molecule has 15 heavy (non-hydrogen) atoms. The first-order valence-electron chi connectivity index (χ1n) is 4.61. The van der Waals surface area contributed by atoms with Crippen molar-refractivity contribution in [1.82, 2.24) is 0 Å². The quantitative estimate of drug-likeness (QED) is 0.478. The highest BCUT2D eigenvalue weighted by molar-refractivity contribution is 7.80. The molecule has 0 aliphatic heterocycles. The fraction of sp³-hybridized carbons (Fsp3) is 0.400. The third kappa shape index (κ3) is 3.79. The number of nitro benzene ring substituents is 1. The van der Waals surface area contributed by atoms with Crippen LogP contribution in [0.4, 0.5) is 5.69 Å². The number of nitro groups is 1. The molecule has 0 N–H and O–H groups in total. The highest BCUT2D eigenvalue weighted by Crippen LogP contribution is 2.17. The van der Waals surface area contributed by atoms with E-state index < -0.39 is 4.92 Å². The van der Waals surface area contributed by atoms with Gasteiger partial charge in [0.1, 0.15) is 5.75 Å². The first kappa shape index (κ1) is 11.8. The minimum absolute atomic E-state index is 0.0737. The molecule has 0 aliphatic carbocycles. The van der Waals surface area contributed by atoms with E-state index in [0.29, 0.717) is 18.3 Å². The van der Waals surface area contributed by atoms with Crippen molar-refractivity contribution in [3.8, 4) is 5.75 Å². The Bertz CT molecular complexity index is 326. The van der Waals surface area contributed by atoms with Gasteiger partial charge in [-0.15, -0.1) is 0 Å². The molecule has 5 heteroatoms. The van der Waals surface area contributed by atoms with Crippen LogP contribution >= 0.6 is 12.6 Å². The Labute approximate surface area is 93.8 Å². The predicted octanol–water partition coefficient (Wildman–Crippen LogP) is 2.54. The van der Waals surface area contributed by atoms with Crippen LogP contribution < -0.4 is 4.74 Å². The van der Waals surface area contributed by atoms with Crippen molar-refractivity contribution < 1.29 is 9.66 Å². The van der Waals surface area contributed by atoms with Crippen LogP contribution in [0.25, 0.3) is 0 Å². The van der Waals surface area contributed by atoms with E-state index in [4.69, 9.17) is 4.74 Å². The van der Waals surface area contributed by atoms with Gasteiger partial charge in [-0.3, -0.25) is 10.1 Å². The Morgan fingerprint density at radius 2 is 2.07 bits per heavy atom. The summed E-state index contributed by atoms with van der Waals surface area (Å²) in [5.41, 5.74) is 0.0737. The Balaban J connectivity index is 2.53. The van der Waals surface area contributed by atoms with Crippen LogP contribution in [-0.4, -0.2) is 17.3 Å². The molecule has 82 valence electrons. The molecule has 1 unspecified atom stereocenters. The van der Waals surface area contributed by atoms with Crippen LogP contribution in [0.1, 0.15) is 6.92 Å². The highest BCUT2D eigenvalue weighted by Gasteiger charge is 2.05. The number of non-ortho nitro benzene ring substituents is 1. The standard InChI is InChI=1S/C10H13NO3S/c1-8(7-15)6-14-10-4-2-9(3-5-10)11(12)13/h2-5,8,15H,6-7H2,1H3. The fourth-order valence-corrected chi connectivity index (χ4v) is 1.06. The maximum Gasteiger partial charge on any atom is 0.269 e. The van der Waals surface area contributed by atoms with Crippen molar-refractivity contribution in [3.05, 3.63) is 34.4 Å². The van der Waals surface area contributed by atoms with E-state index >= 15 is 0 Å². The number of ether oxygens (including phenoxy) is 1. The monoisotopic (exact) mass is 227 g/mol. The molecule has 0 amide bonds. The summed E-state index contributed by atoms with van der Waals surface area (Å²) in [6.07, 6.45) is 0. The van der Waals surface area contributed by atoms with Crippen LogP contribution in [0.2, 0.25) is 0 Å². The lowest BCUT2D eigenvalue weighted by atomic mass is 10.2. The van der Waals surface area contributed by atoms with E-state index in [1.807, 2.05) is 6.92 Å². The van der Waals surface area contributed by atoms with Crippen molar-refractivity contribution in [2.75, 3.05) is 12.4 Å². The number of hydrogen-bond donors (Lipinski definition) is 1. The minimum Gasteiger partial charge on any atom is -0.493 e. The summed E-state index contributed by atoms with van der Waals surface area (Å²) < 4.78 is 5.42. The SMILES string of the molecule is CC(CS)COc1ccc([N+](=O)[O-])cc1. The van der Waals surface area contributed by atoms with Crippen LogP contribution in [0.3, 0.4) is 0 Å². The van der Waals surface area contributed by atoms with Gasteiger partial charge in [-0.2, -0.15) is 12.6 Å². The van der Waals surface area contributed by atoms with E-state index in [-0.39, 0.29) is 5.69 Å². The topological polar surface area (TPSA) is 52.4 Å². The van der Waals surface area contributed by atoms with E-state index in [9.17, 15) is 10.1 Å². The van der Waals surface area contributed by atoms with Crippen LogP contribution in [0.5, 0.6) is 5.75 Å². The molecular weight excluding hydrogens is 214 g/mol. The summed E-state index contributed by atoms with van der Waals surface area (Å²) in [6.45, 7) is 2.60. The summed E-state index contributed by atoms with van der Waals surface area (Å²) in [5.74, 6) is 1.77. The van der Waals surface area contributed by atoms with E-state index in [1.54, 1.807) is 12.1 Å². The smallest absolute Gasteiger partial charge is 0.269 e. The fourth-order valence-electron chi connectivity index (χ4n) is 0.955. The maximum absolute atomic E-state index is 10.4. The van der Waals surface area contributed by atoms with Gasteiger partial charge < -0.3 is 4.74 Å². The first-order chi connectivity index (χ1) is 7.13. The van der Waals surface area contributed by atoms with Crippen molar-refractivity contribution in [2.45, 2.75) is 6.92 Å². The average molecular weight is 227 g/mol. The number of benzene rings is 1. The third-order valence-corrected chi connectivity index (χ3v) is 2.52.